The third kappa shape index (κ3) is 5.79. The van der Waals surface area contributed by atoms with Gasteiger partial charge < -0.3 is 19.1 Å². The summed E-state index contributed by atoms with van der Waals surface area (Å²) in [5.74, 6) is 1.06. The first-order valence-electron chi connectivity index (χ1n) is 10.8. The average Bonchev–Trinajstić information content (AvgIpc) is 3.12. The first-order chi connectivity index (χ1) is 14.0. The topological polar surface area (TPSA) is 70.9 Å². The van der Waals surface area contributed by atoms with E-state index in [0.29, 0.717) is 25.9 Å². The number of amides is 2. The molecule has 3 heterocycles. The van der Waals surface area contributed by atoms with Gasteiger partial charge >= 0.3 is 0 Å². The van der Waals surface area contributed by atoms with Crippen molar-refractivity contribution in [2.75, 3.05) is 45.9 Å². The minimum atomic E-state index is -0.126. The van der Waals surface area contributed by atoms with Crippen molar-refractivity contribution >= 4 is 11.8 Å². The zero-order valence-electron chi connectivity index (χ0n) is 18.0. The highest BCUT2D eigenvalue weighted by molar-refractivity contribution is 5.84. The maximum atomic E-state index is 13.3. The van der Waals surface area contributed by atoms with E-state index in [4.69, 9.17) is 4.74 Å². The summed E-state index contributed by atoms with van der Waals surface area (Å²) in [5, 5.41) is 0. The molecule has 1 aromatic heterocycles. The zero-order chi connectivity index (χ0) is 20.8. The Morgan fingerprint density at radius 2 is 2.07 bits per heavy atom. The standard InChI is InChI=1S/C21H35N5O3/c1-17(2)26(16-19-22-7-10-23(19)3)21(28)18-5-6-20(27)25(15-18)9-4-8-24-11-13-29-14-12-24/h7,10,17-18H,4-6,8-9,11-16H2,1-3H3/t18-/m1/s1. The van der Waals surface area contributed by atoms with Crippen LogP contribution in [-0.4, -0.2) is 88.0 Å². The van der Waals surface area contributed by atoms with Gasteiger partial charge in [-0.2, -0.15) is 0 Å². The molecule has 0 N–H and O–H groups in total. The molecule has 29 heavy (non-hydrogen) atoms. The Balaban J connectivity index is 1.54. The summed E-state index contributed by atoms with van der Waals surface area (Å²) < 4.78 is 7.33. The van der Waals surface area contributed by atoms with Crippen LogP contribution >= 0.6 is 0 Å². The van der Waals surface area contributed by atoms with E-state index in [0.717, 1.165) is 51.6 Å². The number of imidazole rings is 1. The van der Waals surface area contributed by atoms with E-state index < -0.39 is 0 Å². The predicted octanol–water partition coefficient (Wildman–Crippen LogP) is 1.12. The summed E-state index contributed by atoms with van der Waals surface area (Å²) in [5.41, 5.74) is 0. The first kappa shape index (κ1) is 21.8. The number of carbonyl (C=O) groups excluding carboxylic acids is 2. The van der Waals surface area contributed by atoms with Crippen molar-refractivity contribution in [3.8, 4) is 0 Å². The lowest BCUT2D eigenvalue weighted by Gasteiger charge is -2.36. The van der Waals surface area contributed by atoms with Crippen LogP contribution in [0, 0.1) is 5.92 Å². The van der Waals surface area contributed by atoms with Crippen molar-refractivity contribution in [3.63, 3.8) is 0 Å². The maximum absolute atomic E-state index is 13.3. The summed E-state index contributed by atoms with van der Waals surface area (Å²) >= 11 is 0. The number of aromatic nitrogens is 2. The van der Waals surface area contributed by atoms with Crippen LogP contribution in [-0.2, 0) is 27.9 Å². The molecule has 1 aromatic rings. The number of ether oxygens (including phenoxy) is 1. The highest BCUT2D eigenvalue weighted by atomic mass is 16.5. The molecule has 2 amide bonds. The molecular formula is C21H35N5O3. The number of morpholine rings is 1. The van der Waals surface area contributed by atoms with Gasteiger partial charge in [0.05, 0.1) is 25.7 Å². The van der Waals surface area contributed by atoms with Crippen LogP contribution in [0.4, 0.5) is 0 Å². The van der Waals surface area contributed by atoms with Crippen molar-refractivity contribution in [1.82, 2.24) is 24.3 Å². The largest absolute Gasteiger partial charge is 0.379 e. The van der Waals surface area contributed by atoms with Gasteiger partial charge in [-0.3, -0.25) is 14.5 Å². The van der Waals surface area contributed by atoms with Gasteiger partial charge in [0.2, 0.25) is 11.8 Å². The molecule has 2 fully saturated rings. The highest BCUT2D eigenvalue weighted by Crippen LogP contribution is 2.22. The van der Waals surface area contributed by atoms with Crippen LogP contribution in [0.15, 0.2) is 12.4 Å². The van der Waals surface area contributed by atoms with Gasteiger partial charge in [-0.1, -0.05) is 0 Å². The van der Waals surface area contributed by atoms with Crippen LogP contribution in [0.1, 0.15) is 38.9 Å². The molecule has 0 unspecified atom stereocenters. The Kier molecular flexibility index (Phi) is 7.66. The normalized spacial score (nSPS) is 21.0. The molecule has 2 saturated heterocycles. The quantitative estimate of drug-likeness (QED) is 0.648. The number of rotatable bonds is 8. The molecule has 2 aliphatic heterocycles. The second-order valence-corrected chi connectivity index (χ2v) is 8.40. The van der Waals surface area contributed by atoms with Gasteiger partial charge in [-0.25, -0.2) is 4.98 Å². The van der Waals surface area contributed by atoms with Crippen LogP contribution < -0.4 is 0 Å². The Morgan fingerprint density at radius 3 is 2.72 bits per heavy atom. The Bertz CT molecular complexity index is 684. The molecule has 0 saturated carbocycles. The smallest absolute Gasteiger partial charge is 0.228 e. The van der Waals surface area contributed by atoms with Crippen molar-refractivity contribution in [3.05, 3.63) is 18.2 Å². The van der Waals surface area contributed by atoms with Gasteiger partial charge in [-0.05, 0) is 26.7 Å². The van der Waals surface area contributed by atoms with E-state index >= 15 is 0 Å². The van der Waals surface area contributed by atoms with Crippen molar-refractivity contribution in [2.24, 2.45) is 13.0 Å². The molecule has 2 aliphatic rings. The lowest BCUT2D eigenvalue weighted by molar-refractivity contribution is -0.144. The summed E-state index contributed by atoms with van der Waals surface area (Å²) in [4.78, 5) is 36.2. The molecule has 0 spiro atoms. The summed E-state index contributed by atoms with van der Waals surface area (Å²) in [7, 11) is 1.95. The van der Waals surface area contributed by atoms with Gasteiger partial charge in [0.1, 0.15) is 5.82 Å². The van der Waals surface area contributed by atoms with Gasteiger partial charge in [0.25, 0.3) is 0 Å². The minimum absolute atomic E-state index is 0.0894. The Morgan fingerprint density at radius 1 is 1.31 bits per heavy atom. The summed E-state index contributed by atoms with van der Waals surface area (Å²) in [6.45, 7) is 10.3. The first-order valence-corrected chi connectivity index (χ1v) is 10.8. The summed E-state index contributed by atoms with van der Waals surface area (Å²) in [6, 6.07) is 0.0894. The molecule has 3 rings (SSSR count). The molecule has 162 valence electrons. The third-order valence-electron chi connectivity index (χ3n) is 5.99. The van der Waals surface area contributed by atoms with Gasteiger partial charge in [-0.15, -0.1) is 0 Å². The zero-order valence-corrected chi connectivity index (χ0v) is 18.0. The van der Waals surface area contributed by atoms with Crippen LogP contribution in [0.25, 0.3) is 0 Å². The average molecular weight is 406 g/mol. The molecule has 0 aliphatic carbocycles. The highest BCUT2D eigenvalue weighted by Gasteiger charge is 2.33. The van der Waals surface area contributed by atoms with Crippen molar-refractivity contribution < 1.29 is 14.3 Å². The number of carbonyl (C=O) groups is 2. The number of hydrogen-bond acceptors (Lipinski definition) is 5. The minimum Gasteiger partial charge on any atom is -0.379 e. The maximum Gasteiger partial charge on any atom is 0.228 e. The number of likely N-dealkylation sites (tertiary alicyclic amines) is 1. The second kappa shape index (κ2) is 10.2. The van der Waals surface area contributed by atoms with E-state index in [1.807, 2.05) is 41.5 Å². The monoisotopic (exact) mass is 405 g/mol. The number of nitrogens with zero attached hydrogens (tertiary/aromatic N) is 5. The fourth-order valence-electron chi connectivity index (χ4n) is 4.09. The lowest BCUT2D eigenvalue weighted by atomic mass is 9.95. The SMILES string of the molecule is CC(C)N(Cc1nccn1C)C(=O)[C@@H]1CCC(=O)N(CCCN2CCOCC2)C1. The van der Waals surface area contributed by atoms with Crippen molar-refractivity contribution in [1.29, 1.82) is 0 Å². The molecule has 0 aromatic carbocycles. The molecule has 1 atom stereocenters. The molecule has 0 radical (unpaired) electrons. The van der Waals surface area contributed by atoms with Crippen LogP contribution in [0.3, 0.4) is 0 Å². The van der Waals surface area contributed by atoms with E-state index in [1.54, 1.807) is 6.20 Å². The number of hydrogen-bond donors (Lipinski definition) is 0. The molecular weight excluding hydrogens is 370 g/mol. The van der Waals surface area contributed by atoms with E-state index in [2.05, 4.69) is 9.88 Å². The third-order valence-corrected chi connectivity index (χ3v) is 5.99. The van der Waals surface area contributed by atoms with Gasteiger partial charge in [0, 0.05) is 64.6 Å². The van der Waals surface area contributed by atoms with E-state index in [1.165, 1.54) is 0 Å². The Labute approximate surface area is 173 Å². The molecule has 0 bridgehead atoms. The van der Waals surface area contributed by atoms with E-state index in [9.17, 15) is 9.59 Å². The number of aryl methyl sites for hydroxylation is 1. The number of piperidine rings is 1. The Hall–Kier alpha value is -1.93. The molecule has 8 heteroatoms. The van der Waals surface area contributed by atoms with Gasteiger partial charge in [0.15, 0.2) is 0 Å². The fraction of sp³-hybridized carbons (Fsp3) is 0.762. The predicted molar refractivity (Wildman–Crippen MR) is 110 cm³/mol. The van der Waals surface area contributed by atoms with Crippen LogP contribution in [0.5, 0.6) is 0 Å². The lowest BCUT2D eigenvalue weighted by Crippen LogP contribution is -2.49. The molecule has 8 nitrogen and oxygen atoms in total. The van der Waals surface area contributed by atoms with E-state index in [-0.39, 0.29) is 23.8 Å². The fourth-order valence-corrected chi connectivity index (χ4v) is 4.09. The second-order valence-electron chi connectivity index (χ2n) is 8.40. The summed E-state index contributed by atoms with van der Waals surface area (Å²) in [6.07, 6.45) is 5.69. The van der Waals surface area contributed by atoms with Crippen LogP contribution in [0.2, 0.25) is 0 Å². The van der Waals surface area contributed by atoms with Crippen molar-refractivity contribution in [2.45, 2.75) is 45.7 Å².